The Morgan fingerprint density at radius 1 is 1.24 bits per heavy atom. The minimum absolute atomic E-state index is 0.105. The number of rotatable bonds is 10. The molecule has 0 unspecified atom stereocenters. The van der Waals surface area contributed by atoms with Crippen LogP contribution in [0.2, 0.25) is 0 Å². The highest BCUT2D eigenvalue weighted by atomic mass is 16.5. The summed E-state index contributed by atoms with van der Waals surface area (Å²) in [6.07, 6.45) is 3.15. The summed E-state index contributed by atoms with van der Waals surface area (Å²) in [4.78, 5) is 22.6. The molecule has 0 fully saturated rings. The zero-order valence-corrected chi connectivity index (χ0v) is 12.4. The number of ether oxygens (including phenoxy) is 1. The van der Waals surface area contributed by atoms with Gasteiger partial charge in [-0.1, -0.05) is 25.5 Å². The number of carboxylic acids is 1. The van der Waals surface area contributed by atoms with Crippen LogP contribution in [0.1, 0.15) is 42.1 Å². The second-order valence-electron chi connectivity index (χ2n) is 4.85. The van der Waals surface area contributed by atoms with Crippen LogP contribution in [0.3, 0.4) is 0 Å². The molecule has 1 aromatic rings. The minimum Gasteiger partial charge on any atom is -0.478 e. The number of nitrogens with one attached hydrogen (secondary N) is 1. The summed E-state index contributed by atoms with van der Waals surface area (Å²) >= 11 is 0. The molecule has 5 nitrogen and oxygen atoms in total. The van der Waals surface area contributed by atoms with Crippen molar-refractivity contribution in [2.24, 2.45) is 0 Å². The van der Waals surface area contributed by atoms with Gasteiger partial charge < -0.3 is 15.2 Å². The van der Waals surface area contributed by atoms with Gasteiger partial charge in [-0.2, -0.15) is 0 Å². The van der Waals surface area contributed by atoms with Crippen LogP contribution < -0.4 is 5.32 Å². The van der Waals surface area contributed by atoms with E-state index in [1.165, 1.54) is 12.1 Å². The van der Waals surface area contributed by atoms with E-state index in [0.717, 1.165) is 25.9 Å². The largest absolute Gasteiger partial charge is 0.478 e. The second-order valence-corrected chi connectivity index (χ2v) is 4.85. The molecule has 2 N–H and O–H groups in total. The standard InChI is InChI=1S/C16H23NO4/c1-2-3-9-21-10-5-8-17-15(18)12-13-6-4-7-14(11-13)16(19)20/h4,6-7,11H,2-3,5,8-10,12H2,1H3,(H,17,18)(H,19,20). The molecule has 0 saturated heterocycles. The lowest BCUT2D eigenvalue weighted by atomic mass is 10.1. The minimum atomic E-state index is -0.985. The molecule has 0 saturated carbocycles. The van der Waals surface area contributed by atoms with E-state index >= 15 is 0 Å². The summed E-state index contributed by atoms with van der Waals surface area (Å²) in [7, 11) is 0. The number of unbranched alkanes of at least 4 members (excludes halogenated alkanes) is 1. The zero-order chi connectivity index (χ0) is 15.5. The average molecular weight is 293 g/mol. The second kappa shape index (κ2) is 9.94. The van der Waals surface area contributed by atoms with Gasteiger partial charge in [-0.05, 0) is 30.5 Å². The summed E-state index contributed by atoms with van der Waals surface area (Å²) < 4.78 is 5.40. The average Bonchev–Trinajstić information content (AvgIpc) is 2.46. The maximum atomic E-state index is 11.7. The van der Waals surface area contributed by atoms with E-state index in [-0.39, 0.29) is 17.9 Å². The van der Waals surface area contributed by atoms with E-state index in [0.29, 0.717) is 18.7 Å². The highest BCUT2D eigenvalue weighted by Crippen LogP contribution is 2.06. The van der Waals surface area contributed by atoms with E-state index in [9.17, 15) is 9.59 Å². The Kier molecular flexibility index (Phi) is 8.12. The molecule has 0 atom stereocenters. The smallest absolute Gasteiger partial charge is 0.335 e. The number of carbonyl (C=O) groups excluding carboxylic acids is 1. The van der Waals surface area contributed by atoms with Crippen molar-refractivity contribution in [1.29, 1.82) is 0 Å². The fraction of sp³-hybridized carbons (Fsp3) is 0.500. The Hall–Kier alpha value is -1.88. The van der Waals surface area contributed by atoms with Crippen LogP contribution in [0, 0.1) is 0 Å². The molecule has 0 heterocycles. The number of hydrogen-bond donors (Lipinski definition) is 2. The fourth-order valence-corrected chi connectivity index (χ4v) is 1.81. The van der Waals surface area contributed by atoms with E-state index in [2.05, 4.69) is 12.2 Å². The lowest BCUT2D eigenvalue weighted by molar-refractivity contribution is -0.120. The number of hydrogen-bond acceptors (Lipinski definition) is 3. The van der Waals surface area contributed by atoms with E-state index in [1.54, 1.807) is 12.1 Å². The summed E-state index contributed by atoms with van der Waals surface area (Å²) in [6, 6.07) is 6.43. The summed E-state index contributed by atoms with van der Waals surface area (Å²) in [5, 5.41) is 11.7. The van der Waals surface area contributed by atoms with Crippen LogP contribution in [0.15, 0.2) is 24.3 Å². The molecule has 21 heavy (non-hydrogen) atoms. The number of carbonyl (C=O) groups is 2. The highest BCUT2D eigenvalue weighted by molar-refractivity contribution is 5.88. The Morgan fingerprint density at radius 3 is 2.71 bits per heavy atom. The van der Waals surface area contributed by atoms with Gasteiger partial charge in [0.1, 0.15) is 0 Å². The molecule has 0 bridgehead atoms. The molecule has 5 heteroatoms. The zero-order valence-electron chi connectivity index (χ0n) is 12.4. The summed E-state index contributed by atoms with van der Waals surface area (Å²) in [5.74, 6) is -1.09. The molecule has 1 rings (SSSR count). The molecule has 0 aliphatic heterocycles. The van der Waals surface area contributed by atoms with E-state index in [4.69, 9.17) is 9.84 Å². The first kappa shape index (κ1) is 17.2. The molecule has 1 aromatic carbocycles. The van der Waals surface area contributed by atoms with Crippen LogP contribution >= 0.6 is 0 Å². The van der Waals surface area contributed by atoms with Gasteiger partial charge >= 0.3 is 5.97 Å². The molecule has 0 radical (unpaired) electrons. The molecule has 1 amide bonds. The number of amides is 1. The number of benzene rings is 1. The van der Waals surface area contributed by atoms with Gasteiger partial charge in [0, 0.05) is 19.8 Å². The first-order valence-electron chi connectivity index (χ1n) is 7.30. The summed E-state index contributed by atoms with van der Waals surface area (Å²) in [6.45, 7) is 4.10. The third kappa shape index (κ3) is 7.46. The highest BCUT2D eigenvalue weighted by Gasteiger charge is 2.06. The van der Waals surface area contributed by atoms with Crippen LogP contribution in [-0.2, 0) is 16.0 Å². The Labute approximate surface area is 125 Å². The Bertz CT molecular complexity index is 459. The van der Waals surface area contributed by atoms with Crippen molar-refractivity contribution in [3.05, 3.63) is 35.4 Å². The maximum Gasteiger partial charge on any atom is 0.335 e. The van der Waals surface area contributed by atoms with Crippen molar-refractivity contribution in [1.82, 2.24) is 5.32 Å². The molecule has 0 aromatic heterocycles. The number of carboxylic acid groups (broad SMARTS) is 1. The molecular formula is C16H23NO4. The summed E-state index contributed by atoms with van der Waals surface area (Å²) in [5.41, 5.74) is 0.899. The fourth-order valence-electron chi connectivity index (χ4n) is 1.81. The maximum absolute atomic E-state index is 11.7. The molecular weight excluding hydrogens is 270 g/mol. The van der Waals surface area contributed by atoms with Gasteiger partial charge in [0.25, 0.3) is 0 Å². The van der Waals surface area contributed by atoms with Gasteiger partial charge in [0.05, 0.1) is 12.0 Å². The van der Waals surface area contributed by atoms with Gasteiger partial charge in [-0.15, -0.1) is 0 Å². The molecule has 116 valence electrons. The van der Waals surface area contributed by atoms with E-state index in [1.807, 2.05) is 0 Å². The van der Waals surface area contributed by atoms with Crippen LogP contribution in [-0.4, -0.2) is 36.7 Å². The lowest BCUT2D eigenvalue weighted by Crippen LogP contribution is -2.26. The third-order valence-corrected chi connectivity index (χ3v) is 2.97. The van der Waals surface area contributed by atoms with Crippen molar-refractivity contribution < 1.29 is 19.4 Å². The molecule has 0 aliphatic carbocycles. The Balaban J connectivity index is 2.21. The normalized spacial score (nSPS) is 10.3. The van der Waals surface area contributed by atoms with Crippen molar-refractivity contribution in [2.75, 3.05) is 19.8 Å². The monoisotopic (exact) mass is 293 g/mol. The topological polar surface area (TPSA) is 75.6 Å². The van der Waals surface area contributed by atoms with Crippen molar-refractivity contribution in [2.45, 2.75) is 32.6 Å². The van der Waals surface area contributed by atoms with Gasteiger partial charge in [0.15, 0.2) is 0 Å². The van der Waals surface area contributed by atoms with Crippen molar-refractivity contribution in [3.8, 4) is 0 Å². The van der Waals surface area contributed by atoms with Gasteiger partial charge in [0.2, 0.25) is 5.91 Å². The number of aromatic carboxylic acids is 1. The predicted molar refractivity (Wildman–Crippen MR) is 80.5 cm³/mol. The Morgan fingerprint density at radius 2 is 2.00 bits per heavy atom. The van der Waals surface area contributed by atoms with Gasteiger partial charge in [-0.25, -0.2) is 4.79 Å². The molecule has 0 aliphatic rings. The predicted octanol–water partition coefficient (Wildman–Crippen LogP) is 2.25. The first-order chi connectivity index (χ1) is 10.1. The quantitative estimate of drug-likeness (QED) is 0.649. The van der Waals surface area contributed by atoms with Crippen LogP contribution in [0.4, 0.5) is 0 Å². The lowest BCUT2D eigenvalue weighted by Gasteiger charge is -2.06. The van der Waals surface area contributed by atoms with Gasteiger partial charge in [-0.3, -0.25) is 4.79 Å². The SMILES string of the molecule is CCCCOCCCNC(=O)Cc1cccc(C(=O)O)c1. The first-order valence-corrected chi connectivity index (χ1v) is 7.30. The van der Waals surface area contributed by atoms with Crippen LogP contribution in [0.5, 0.6) is 0 Å². The van der Waals surface area contributed by atoms with Crippen molar-refractivity contribution in [3.63, 3.8) is 0 Å². The van der Waals surface area contributed by atoms with Crippen LogP contribution in [0.25, 0.3) is 0 Å². The third-order valence-electron chi connectivity index (χ3n) is 2.97. The molecule has 0 spiro atoms. The van der Waals surface area contributed by atoms with Crippen molar-refractivity contribution >= 4 is 11.9 Å². The van der Waals surface area contributed by atoms with E-state index < -0.39 is 5.97 Å².